The molecule has 0 atom stereocenters. The van der Waals surface area contributed by atoms with Crippen LogP contribution in [0.5, 0.6) is 5.75 Å². The maximum Gasteiger partial charge on any atom is 0.145 e. The Morgan fingerprint density at radius 2 is 2.14 bits per heavy atom. The number of ether oxygens (including phenoxy) is 1. The van der Waals surface area contributed by atoms with Crippen LogP contribution < -0.4 is 15.4 Å². The molecule has 0 aliphatic carbocycles. The molecule has 1 aromatic carbocycles. The molecule has 1 aromatic rings. The summed E-state index contributed by atoms with van der Waals surface area (Å²) >= 11 is 0. The standard InChI is InChI=1S/C10H15FN2O/c1-13(2)9-4-3-8(11)7-10(9)14-6-5-12/h3-4,7H,5-6,12H2,1-2H3. The van der Waals surface area contributed by atoms with Crippen molar-refractivity contribution in [3.8, 4) is 5.75 Å². The molecule has 14 heavy (non-hydrogen) atoms. The van der Waals surface area contributed by atoms with Crippen LogP contribution in [-0.2, 0) is 0 Å². The van der Waals surface area contributed by atoms with Gasteiger partial charge in [-0.3, -0.25) is 0 Å². The molecule has 2 N–H and O–H groups in total. The Morgan fingerprint density at radius 3 is 2.71 bits per heavy atom. The Morgan fingerprint density at radius 1 is 1.43 bits per heavy atom. The summed E-state index contributed by atoms with van der Waals surface area (Å²) in [5, 5.41) is 0. The lowest BCUT2D eigenvalue weighted by Gasteiger charge is -2.17. The molecule has 0 bridgehead atoms. The molecule has 0 amide bonds. The minimum absolute atomic E-state index is 0.303. The molecule has 0 saturated heterocycles. The first-order valence-electron chi connectivity index (χ1n) is 4.45. The van der Waals surface area contributed by atoms with Crippen LogP contribution >= 0.6 is 0 Å². The number of hydrogen-bond donors (Lipinski definition) is 1. The molecule has 1 rings (SSSR count). The predicted molar refractivity (Wildman–Crippen MR) is 55.3 cm³/mol. The smallest absolute Gasteiger partial charge is 0.145 e. The molecule has 0 unspecified atom stereocenters. The monoisotopic (exact) mass is 198 g/mol. The minimum atomic E-state index is -0.303. The minimum Gasteiger partial charge on any atom is -0.490 e. The van der Waals surface area contributed by atoms with E-state index in [9.17, 15) is 4.39 Å². The Hall–Kier alpha value is -1.29. The number of rotatable bonds is 4. The third-order valence-corrected chi connectivity index (χ3v) is 1.78. The van der Waals surface area contributed by atoms with Gasteiger partial charge in [0.25, 0.3) is 0 Å². The highest BCUT2D eigenvalue weighted by atomic mass is 19.1. The van der Waals surface area contributed by atoms with Crippen LogP contribution in [0, 0.1) is 5.82 Å². The lowest BCUT2D eigenvalue weighted by Crippen LogP contribution is -2.14. The van der Waals surface area contributed by atoms with Gasteiger partial charge in [0.1, 0.15) is 18.2 Å². The van der Waals surface area contributed by atoms with Gasteiger partial charge in [0.2, 0.25) is 0 Å². The van der Waals surface area contributed by atoms with Crippen molar-refractivity contribution < 1.29 is 9.13 Å². The zero-order chi connectivity index (χ0) is 10.6. The summed E-state index contributed by atoms with van der Waals surface area (Å²) in [5.41, 5.74) is 6.16. The normalized spacial score (nSPS) is 10.0. The maximum atomic E-state index is 12.9. The number of benzene rings is 1. The Labute approximate surface area is 83.3 Å². The Bertz CT molecular complexity index is 302. The summed E-state index contributed by atoms with van der Waals surface area (Å²) in [4.78, 5) is 1.87. The van der Waals surface area contributed by atoms with Crippen molar-refractivity contribution in [2.45, 2.75) is 0 Å². The second kappa shape index (κ2) is 4.81. The first-order chi connectivity index (χ1) is 6.65. The number of anilines is 1. The fourth-order valence-electron chi connectivity index (χ4n) is 1.14. The van der Waals surface area contributed by atoms with Gasteiger partial charge >= 0.3 is 0 Å². The van der Waals surface area contributed by atoms with Crippen LogP contribution in [0.1, 0.15) is 0 Å². The van der Waals surface area contributed by atoms with E-state index in [0.29, 0.717) is 18.9 Å². The van der Waals surface area contributed by atoms with E-state index in [1.165, 1.54) is 12.1 Å². The summed E-state index contributed by atoms with van der Waals surface area (Å²) in [6.07, 6.45) is 0. The number of nitrogens with zero attached hydrogens (tertiary/aromatic N) is 1. The van der Waals surface area contributed by atoms with E-state index >= 15 is 0 Å². The average molecular weight is 198 g/mol. The fraction of sp³-hybridized carbons (Fsp3) is 0.400. The third kappa shape index (κ3) is 2.60. The number of nitrogens with two attached hydrogens (primary N) is 1. The van der Waals surface area contributed by atoms with Crippen molar-refractivity contribution in [2.24, 2.45) is 5.73 Å². The maximum absolute atomic E-state index is 12.9. The molecule has 0 aliphatic heterocycles. The predicted octanol–water partition coefficient (Wildman–Crippen LogP) is 1.23. The van der Waals surface area contributed by atoms with E-state index in [4.69, 9.17) is 10.5 Å². The molecule has 0 aromatic heterocycles. The van der Waals surface area contributed by atoms with Crippen molar-refractivity contribution in [2.75, 3.05) is 32.1 Å². The van der Waals surface area contributed by atoms with Gasteiger partial charge in [0, 0.05) is 26.7 Å². The van der Waals surface area contributed by atoms with Crippen molar-refractivity contribution >= 4 is 5.69 Å². The van der Waals surface area contributed by atoms with E-state index < -0.39 is 0 Å². The van der Waals surface area contributed by atoms with E-state index in [-0.39, 0.29) is 5.82 Å². The van der Waals surface area contributed by atoms with Crippen LogP contribution in [0.15, 0.2) is 18.2 Å². The number of hydrogen-bond acceptors (Lipinski definition) is 3. The van der Waals surface area contributed by atoms with Crippen molar-refractivity contribution in [1.82, 2.24) is 0 Å². The van der Waals surface area contributed by atoms with Gasteiger partial charge in [0.15, 0.2) is 0 Å². The summed E-state index contributed by atoms with van der Waals surface area (Å²) in [5.74, 6) is 0.225. The largest absolute Gasteiger partial charge is 0.490 e. The van der Waals surface area contributed by atoms with Gasteiger partial charge in [-0.25, -0.2) is 4.39 Å². The molecule has 0 aliphatic rings. The van der Waals surface area contributed by atoms with E-state index in [1.54, 1.807) is 6.07 Å². The van der Waals surface area contributed by atoms with E-state index in [0.717, 1.165) is 5.69 Å². The van der Waals surface area contributed by atoms with Crippen LogP contribution in [0.3, 0.4) is 0 Å². The van der Waals surface area contributed by atoms with Gasteiger partial charge in [-0.2, -0.15) is 0 Å². The highest BCUT2D eigenvalue weighted by Crippen LogP contribution is 2.27. The topological polar surface area (TPSA) is 38.5 Å². The first kappa shape index (κ1) is 10.8. The van der Waals surface area contributed by atoms with Crippen molar-refractivity contribution in [3.05, 3.63) is 24.0 Å². The summed E-state index contributed by atoms with van der Waals surface area (Å²) in [7, 11) is 3.76. The Balaban J connectivity index is 2.91. The van der Waals surface area contributed by atoms with Crippen LogP contribution in [0.4, 0.5) is 10.1 Å². The summed E-state index contributed by atoms with van der Waals surface area (Å²) < 4.78 is 18.2. The lowest BCUT2D eigenvalue weighted by molar-refractivity contribution is 0.327. The van der Waals surface area contributed by atoms with E-state index in [1.807, 2.05) is 19.0 Å². The molecule has 0 fully saturated rings. The molecule has 4 heteroatoms. The highest BCUT2D eigenvalue weighted by molar-refractivity contribution is 5.57. The summed E-state index contributed by atoms with van der Waals surface area (Å²) in [6, 6.07) is 4.46. The number of halogens is 1. The average Bonchev–Trinajstić information content (AvgIpc) is 2.14. The highest BCUT2D eigenvalue weighted by Gasteiger charge is 2.06. The molecular weight excluding hydrogens is 183 g/mol. The molecular formula is C10H15FN2O. The first-order valence-corrected chi connectivity index (χ1v) is 4.45. The Kier molecular flexibility index (Phi) is 3.71. The van der Waals surface area contributed by atoms with Gasteiger partial charge in [0.05, 0.1) is 5.69 Å². The molecule has 0 saturated carbocycles. The van der Waals surface area contributed by atoms with Gasteiger partial charge in [-0.1, -0.05) is 0 Å². The van der Waals surface area contributed by atoms with Gasteiger partial charge in [-0.05, 0) is 12.1 Å². The molecule has 3 nitrogen and oxygen atoms in total. The molecule has 0 radical (unpaired) electrons. The second-order valence-electron chi connectivity index (χ2n) is 3.14. The SMILES string of the molecule is CN(C)c1ccc(F)cc1OCCN. The molecule has 0 heterocycles. The quantitative estimate of drug-likeness (QED) is 0.790. The zero-order valence-electron chi connectivity index (χ0n) is 8.46. The third-order valence-electron chi connectivity index (χ3n) is 1.78. The lowest BCUT2D eigenvalue weighted by atomic mass is 10.2. The molecule has 0 spiro atoms. The van der Waals surface area contributed by atoms with Crippen molar-refractivity contribution in [3.63, 3.8) is 0 Å². The van der Waals surface area contributed by atoms with Crippen LogP contribution in [0.25, 0.3) is 0 Å². The van der Waals surface area contributed by atoms with E-state index in [2.05, 4.69) is 0 Å². The second-order valence-corrected chi connectivity index (χ2v) is 3.14. The summed E-state index contributed by atoms with van der Waals surface area (Å²) in [6.45, 7) is 0.813. The fourth-order valence-corrected chi connectivity index (χ4v) is 1.14. The van der Waals surface area contributed by atoms with Crippen molar-refractivity contribution in [1.29, 1.82) is 0 Å². The van der Waals surface area contributed by atoms with Crippen LogP contribution in [0.2, 0.25) is 0 Å². The molecule has 78 valence electrons. The van der Waals surface area contributed by atoms with Crippen LogP contribution in [-0.4, -0.2) is 27.2 Å². The zero-order valence-corrected chi connectivity index (χ0v) is 8.46. The van der Waals surface area contributed by atoms with Gasteiger partial charge in [-0.15, -0.1) is 0 Å². The van der Waals surface area contributed by atoms with Gasteiger partial charge < -0.3 is 15.4 Å².